The monoisotopic (exact) mass is 163 g/mol. The van der Waals surface area contributed by atoms with Crippen molar-refractivity contribution in [1.29, 1.82) is 0 Å². The molecule has 0 aliphatic carbocycles. The van der Waals surface area contributed by atoms with E-state index in [4.69, 9.17) is 9.90 Å². The van der Waals surface area contributed by atoms with Crippen LogP contribution in [0, 0.1) is 0 Å². The molecule has 4 nitrogen and oxygen atoms in total. The molecule has 0 bridgehead atoms. The lowest BCUT2D eigenvalue weighted by atomic mass is 10.3. The van der Waals surface area contributed by atoms with Crippen LogP contribution in [0.1, 0.15) is 33.6 Å². The number of carboxylic acid groups (broad SMARTS) is 1. The van der Waals surface area contributed by atoms with Crippen molar-refractivity contribution in [2.24, 2.45) is 0 Å². The molecule has 0 heterocycles. The van der Waals surface area contributed by atoms with Gasteiger partial charge in [-0.15, -0.1) is 0 Å². The molecule has 0 amide bonds. The summed E-state index contributed by atoms with van der Waals surface area (Å²) in [6, 6.07) is 0. The molecule has 68 valence electrons. The van der Waals surface area contributed by atoms with E-state index >= 15 is 0 Å². The fourth-order valence-electron chi connectivity index (χ4n) is 0.250. The molecule has 0 rings (SSSR count). The van der Waals surface area contributed by atoms with Crippen LogP contribution < -0.4 is 6.15 Å². The number of Topliss-reactive ketones (excluding diaryl/α,β-unsaturated/α-hetero) is 1. The van der Waals surface area contributed by atoms with Gasteiger partial charge in [-0.25, -0.2) is 0 Å². The van der Waals surface area contributed by atoms with Crippen molar-refractivity contribution in [3.05, 3.63) is 0 Å². The summed E-state index contributed by atoms with van der Waals surface area (Å²) in [6.07, 6.45) is 1.38. The average molecular weight is 163 g/mol. The molecular weight excluding hydrogens is 146 g/mol. The Labute approximate surface area is 67.2 Å². The van der Waals surface area contributed by atoms with Crippen molar-refractivity contribution >= 4 is 11.8 Å². The van der Waals surface area contributed by atoms with Crippen LogP contribution in [-0.4, -0.2) is 16.9 Å². The highest BCUT2D eigenvalue weighted by molar-refractivity contribution is 5.77. The molecule has 0 spiro atoms. The highest BCUT2D eigenvalue weighted by Gasteiger charge is 1.86. The zero-order valence-corrected chi connectivity index (χ0v) is 7.39. The van der Waals surface area contributed by atoms with Crippen LogP contribution in [0.4, 0.5) is 0 Å². The molecule has 4 N–H and O–H groups in total. The number of carboxylic acids is 1. The second-order valence-corrected chi connectivity index (χ2v) is 1.76. The normalized spacial score (nSPS) is 6.82. The minimum absolute atomic E-state index is 0. The molecule has 11 heavy (non-hydrogen) atoms. The summed E-state index contributed by atoms with van der Waals surface area (Å²) in [7, 11) is 0. The molecule has 0 saturated heterocycles. The van der Waals surface area contributed by atoms with Crippen molar-refractivity contribution < 1.29 is 14.7 Å². The van der Waals surface area contributed by atoms with E-state index in [-0.39, 0.29) is 6.15 Å². The summed E-state index contributed by atoms with van der Waals surface area (Å²) in [5, 5.41) is 7.42. The van der Waals surface area contributed by atoms with E-state index < -0.39 is 5.97 Å². The highest BCUT2D eigenvalue weighted by Crippen LogP contribution is 1.83. The molecule has 0 atom stereocenters. The maximum atomic E-state index is 10.2. The lowest BCUT2D eigenvalue weighted by Gasteiger charge is -1.81. The molecule has 4 heteroatoms. The largest absolute Gasteiger partial charge is 0.481 e. The smallest absolute Gasteiger partial charge is 0.300 e. The number of aliphatic carboxylic acids is 1. The van der Waals surface area contributed by atoms with Gasteiger partial charge in [0.15, 0.2) is 0 Å². The van der Waals surface area contributed by atoms with E-state index in [9.17, 15) is 4.79 Å². The molecule has 0 aromatic heterocycles. The highest BCUT2D eigenvalue weighted by atomic mass is 16.4. The third kappa shape index (κ3) is 47.7. The standard InChI is InChI=1S/C5H10O.C2H4O2.H3N/c1-3-5(6)4-2;1-2(3)4;/h3-4H2,1-2H3;1H3,(H,3,4);1H3. The molecule has 0 aliphatic rings. The van der Waals surface area contributed by atoms with Crippen molar-refractivity contribution in [3.8, 4) is 0 Å². The Morgan fingerprint density at radius 3 is 1.36 bits per heavy atom. The molecule has 0 unspecified atom stereocenters. The molecule has 0 aromatic carbocycles. The van der Waals surface area contributed by atoms with Crippen molar-refractivity contribution in [3.63, 3.8) is 0 Å². The first-order valence-electron chi connectivity index (χ1n) is 3.25. The van der Waals surface area contributed by atoms with E-state index in [0.717, 1.165) is 6.92 Å². The van der Waals surface area contributed by atoms with Gasteiger partial charge in [0.25, 0.3) is 5.97 Å². The fraction of sp³-hybridized carbons (Fsp3) is 0.714. The van der Waals surface area contributed by atoms with Gasteiger partial charge >= 0.3 is 0 Å². The first kappa shape index (κ1) is 16.6. The van der Waals surface area contributed by atoms with Crippen LogP contribution >= 0.6 is 0 Å². The van der Waals surface area contributed by atoms with Gasteiger partial charge in [0.05, 0.1) is 0 Å². The van der Waals surface area contributed by atoms with Crippen molar-refractivity contribution in [1.82, 2.24) is 6.15 Å². The summed E-state index contributed by atoms with van der Waals surface area (Å²) < 4.78 is 0. The van der Waals surface area contributed by atoms with Crippen LogP contribution in [-0.2, 0) is 9.59 Å². The Balaban J connectivity index is -0.000000114. The minimum Gasteiger partial charge on any atom is -0.481 e. The van der Waals surface area contributed by atoms with E-state index in [1.807, 2.05) is 13.8 Å². The third-order valence-corrected chi connectivity index (χ3v) is 0.789. The van der Waals surface area contributed by atoms with Gasteiger partial charge in [0.1, 0.15) is 5.78 Å². The van der Waals surface area contributed by atoms with E-state index in [1.54, 1.807) is 0 Å². The van der Waals surface area contributed by atoms with Gasteiger partial charge < -0.3 is 11.3 Å². The third-order valence-electron chi connectivity index (χ3n) is 0.789. The van der Waals surface area contributed by atoms with E-state index in [2.05, 4.69) is 0 Å². The first-order valence-corrected chi connectivity index (χ1v) is 3.25. The summed E-state index contributed by atoms with van der Waals surface area (Å²) in [6.45, 7) is 4.84. The Hall–Kier alpha value is -0.900. The van der Waals surface area contributed by atoms with Gasteiger partial charge in [-0.3, -0.25) is 9.59 Å². The molecule has 0 radical (unpaired) electrons. The van der Waals surface area contributed by atoms with Crippen molar-refractivity contribution in [2.45, 2.75) is 33.6 Å². The first-order chi connectivity index (χ1) is 4.54. The van der Waals surface area contributed by atoms with E-state index in [0.29, 0.717) is 18.6 Å². The maximum Gasteiger partial charge on any atom is 0.300 e. The van der Waals surface area contributed by atoms with Crippen LogP contribution in [0.25, 0.3) is 0 Å². The predicted molar refractivity (Wildman–Crippen MR) is 43.9 cm³/mol. The van der Waals surface area contributed by atoms with Crippen LogP contribution in [0.15, 0.2) is 0 Å². The van der Waals surface area contributed by atoms with Crippen LogP contribution in [0.3, 0.4) is 0 Å². The Bertz CT molecular complexity index is 102. The lowest BCUT2D eigenvalue weighted by molar-refractivity contribution is -0.134. The summed E-state index contributed by atoms with van der Waals surface area (Å²) in [4.78, 5) is 19.2. The Morgan fingerprint density at radius 2 is 1.36 bits per heavy atom. The molecule has 0 aromatic rings. The summed E-state index contributed by atoms with van der Waals surface area (Å²) >= 11 is 0. The number of rotatable bonds is 2. The SMILES string of the molecule is CC(=O)O.CCC(=O)CC.N. The molecule has 0 saturated carbocycles. The molecular formula is C7H17NO3. The minimum atomic E-state index is -0.833. The van der Waals surface area contributed by atoms with Gasteiger partial charge in [-0.2, -0.15) is 0 Å². The second kappa shape index (κ2) is 11.8. The van der Waals surface area contributed by atoms with Crippen molar-refractivity contribution in [2.75, 3.05) is 0 Å². The fourth-order valence-corrected chi connectivity index (χ4v) is 0.250. The number of ketones is 1. The Morgan fingerprint density at radius 1 is 1.18 bits per heavy atom. The number of carbonyl (C=O) groups excluding carboxylic acids is 1. The number of hydrogen-bond donors (Lipinski definition) is 2. The van der Waals surface area contributed by atoms with Gasteiger partial charge in [-0.1, -0.05) is 13.8 Å². The molecule has 0 fully saturated rings. The van der Waals surface area contributed by atoms with Crippen LogP contribution in [0.2, 0.25) is 0 Å². The average Bonchev–Trinajstić information content (AvgIpc) is 1.85. The topological polar surface area (TPSA) is 89.4 Å². The summed E-state index contributed by atoms with van der Waals surface area (Å²) in [5.74, 6) is -0.491. The maximum absolute atomic E-state index is 10.2. The Kier molecular flexibility index (Phi) is 17.9. The van der Waals surface area contributed by atoms with Gasteiger partial charge in [-0.05, 0) is 0 Å². The zero-order valence-electron chi connectivity index (χ0n) is 7.39. The quantitative estimate of drug-likeness (QED) is 0.647. The lowest BCUT2D eigenvalue weighted by Crippen LogP contribution is -1.88. The van der Waals surface area contributed by atoms with Crippen LogP contribution in [0.5, 0.6) is 0 Å². The predicted octanol–water partition coefficient (Wildman–Crippen LogP) is 1.63. The molecule has 0 aliphatic heterocycles. The zero-order chi connectivity index (χ0) is 8.57. The van der Waals surface area contributed by atoms with Gasteiger partial charge in [0, 0.05) is 19.8 Å². The van der Waals surface area contributed by atoms with Gasteiger partial charge in [0.2, 0.25) is 0 Å². The second-order valence-electron chi connectivity index (χ2n) is 1.76. The summed E-state index contributed by atoms with van der Waals surface area (Å²) in [5.41, 5.74) is 0. The van der Waals surface area contributed by atoms with E-state index in [1.165, 1.54) is 0 Å². The number of carbonyl (C=O) groups is 2. The number of hydrogen-bond acceptors (Lipinski definition) is 3.